The molecule has 1 atom stereocenters. The van der Waals surface area contributed by atoms with Gasteiger partial charge in [-0.3, -0.25) is 4.79 Å². The quantitative estimate of drug-likeness (QED) is 0.495. The van der Waals surface area contributed by atoms with E-state index in [1.165, 1.54) is 18.4 Å². The van der Waals surface area contributed by atoms with Gasteiger partial charge in [0.1, 0.15) is 6.29 Å². The fourth-order valence-electron chi connectivity index (χ4n) is 1.73. The van der Waals surface area contributed by atoms with Crippen LogP contribution in [-0.4, -0.2) is 6.29 Å². The molecule has 66 valence electrons. The van der Waals surface area contributed by atoms with Crippen LogP contribution in [0.25, 0.3) is 0 Å². The fraction of sp³-hybridized carbons (Fsp3) is 0.250. The molecule has 1 aromatic rings. The third-order valence-corrected chi connectivity index (χ3v) is 2.51. The van der Waals surface area contributed by atoms with Crippen molar-refractivity contribution in [3.8, 4) is 0 Å². The second kappa shape index (κ2) is 3.56. The number of carbonyl (C=O) groups is 1. The van der Waals surface area contributed by atoms with Gasteiger partial charge in [0.15, 0.2) is 0 Å². The molecule has 0 radical (unpaired) electrons. The first-order valence-corrected chi connectivity index (χ1v) is 4.62. The Bertz CT molecular complexity index is 321. The van der Waals surface area contributed by atoms with Crippen molar-refractivity contribution in [1.82, 2.24) is 0 Å². The van der Waals surface area contributed by atoms with Crippen molar-refractivity contribution in [3.05, 3.63) is 47.5 Å². The van der Waals surface area contributed by atoms with E-state index in [9.17, 15) is 4.79 Å². The maximum Gasteiger partial charge on any atom is 0.150 e. The Balaban J connectivity index is 2.21. The number of hydrogen-bond donors (Lipinski definition) is 0. The average Bonchev–Trinajstić information content (AvgIpc) is 2.71. The maximum absolute atomic E-state index is 10.4. The van der Waals surface area contributed by atoms with Gasteiger partial charge in [-0.1, -0.05) is 36.4 Å². The lowest BCUT2D eigenvalue weighted by Crippen LogP contribution is -1.91. The zero-order chi connectivity index (χ0) is 9.10. The van der Waals surface area contributed by atoms with Gasteiger partial charge >= 0.3 is 0 Å². The highest BCUT2D eigenvalue weighted by Gasteiger charge is 2.10. The molecule has 0 aliphatic heterocycles. The zero-order valence-corrected chi connectivity index (χ0v) is 7.44. The molecule has 0 bridgehead atoms. The molecule has 0 saturated carbocycles. The Labute approximate surface area is 78.1 Å². The van der Waals surface area contributed by atoms with Crippen molar-refractivity contribution in [2.24, 2.45) is 0 Å². The summed E-state index contributed by atoms with van der Waals surface area (Å²) in [4.78, 5) is 10.4. The van der Waals surface area contributed by atoms with Gasteiger partial charge in [-0.2, -0.15) is 0 Å². The summed E-state index contributed by atoms with van der Waals surface area (Å²) < 4.78 is 0. The molecule has 0 amide bonds. The number of rotatable bonds is 2. The number of benzene rings is 1. The first-order chi connectivity index (χ1) is 6.40. The predicted molar refractivity (Wildman–Crippen MR) is 52.9 cm³/mol. The van der Waals surface area contributed by atoms with Gasteiger partial charge in [-0.25, -0.2) is 0 Å². The Morgan fingerprint density at radius 2 is 2.00 bits per heavy atom. The van der Waals surface area contributed by atoms with Crippen molar-refractivity contribution < 1.29 is 4.79 Å². The Morgan fingerprint density at radius 1 is 1.23 bits per heavy atom. The number of carbonyl (C=O) groups excluding carboxylic acids is 1. The molecule has 0 N–H and O–H groups in total. The van der Waals surface area contributed by atoms with E-state index in [1.807, 2.05) is 24.3 Å². The van der Waals surface area contributed by atoms with Crippen LogP contribution < -0.4 is 0 Å². The van der Waals surface area contributed by atoms with Crippen LogP contribution in [-0.2, 0) is 0 Å². The van der Waals surface area contributed by atoms with E-state index >= 15 is 0 Å². The normalized spacial score (nSPS) is 20.5. The SMILES string of the molecule is O=Cc1ccc(C2C=CCC2)cc1. The molecule has 0 heterocycles. The van der Waals surface area contributed by atoms with Gasteiger partial charge in [0.25, 0.3) is 0 Å². The van der Waals surface area contributed by atoms with Crippen molar-refractivity contribution in [3.63, 3.8) is 0 Å². The summed E-state index contributed by atoms with van der Waals surface area (Å²) >= 11 is 0. The van der Waals surface area contributed by atoms with E-state index in [1.54, 1.807) is 0 Å². The first kappa shape index (κ1) is 8.24. The molecular formula is C12H12O. The lowest BCUT2D eigenvalue weighted by Gasteiger charge is -2.07. The van der Waals surface area contributed by atoms with Gasteiger partial charge in [0, 0.05) is 11.5 Å². The Morgan fingerprint density at radius 3 is 2.54 bits per heavy atom. The minimum absolute atomic E-state index is 0.570. The highest BCUT2D eigenvalue weighted by Crippen LogP contribution is 2.27. The second-order valence-electron chi connectivity index (χ2n) is 3.40. The summed E-state index contributed by atoms with van der Waals surface area (Å²) in [6.07, 6.45) is 7.74. The predicted octanol–water partition coefficient (Wildman–Crippen LogP) is 2.93. The minimum Gasteiger partial charge on any atom is -0.298 e. The zero-order valence-electron chi connectivity index (χ0n) is 7.44. The van der Waals surface area contributed by atoms with Crippen LogP contribution in [0.5, 0.6) is 0 Å². The lowest BCUT2D eigenvalue weighted by atomic mass is 9.98. The molecule has 13 heavy (non-hydrogen) atoms. The lowest BCUT2D eigenvalue weighted by molar-refractivity contribution is 0.112. The molecule has 0 spiro atoms. The van der Waals surface area contributed by atoms with E-state index in [2.05, 4.69) is 12.2 Å². The number of allylic oxidation sites excluding steroid dienone is 2. The van der Waals surface area contributed by atoms with Crippen LogP contribution in [0.3, 0.4) is 0 Å². The Hall–Kier alpha value is -1.37. The average molecular weight is 172 g/mol. The summed E-state index contributed by atoms with van der Waals surface area (Å²) in [7, 11) is 0. The van der Waals surface area contributed by atoms with Crippen LogP contribution in [0.4, 0.5) is 0 Å². The maximum atomic E-state index is 10.4. The third-order valence-electron chi connectivity index (χ3n) is 2.51. The van der Waals surface area contributed by atoms with E-state index in [0.717, 1.165) is 11.8 Å². The van der Waals surface area contributed by atoms with Crippen LogP contribution in [0, 0.1) is 0 Å². The third kappa shape index (κ3) is 1.69. The molecule has 1 aliphatic carbocycles. The van der Waals surface area contributed by atoms with E-state index in [0.29, 0.717) is 5.92 Å². The van der Waals surface area contributed by atoms with E-state index < -0.39 is 0 Å². The molecule has 1 aliphatic rings. The van der Waals surface area contributed by atoms with Gasteiger partial charge in [0.05, 0.1) is 0 Å². The second-order valence-corrected chi connectivity index (χ2v) is 3.40. The highest BCUT2D eigenvalue weighted by atomic mass is 16.1. The molecule has 1 aromatic carbocycles. The van der Waals surface area contributed by atoms with Gasteiger partial charge in [0.2, 0.25) is 0 Å². The standard InChI is InChI=1S/C12H12O/c13-9-10-5-7-12(8-6-10)11-3-1-2-4-11/h1,3,5-9,11H,2,4H2. The van der Waals surface area contributed by atoms with Gasteiger partial charge in [-0.15, -0.1) is 0 Å². The number of hydrogen-bond acceptors (Lipinski definition) is 1. The summed E-state index contributed by atoms with van der Waals surface area (Å²) in [5.41, 5.74) is 2.07. The largest absolute Gasteiger partial charge is 0.298 e. The van der Waals surface area contributed by atoms with Crippen molar-refractivity contribution >= 4 is 6.29 Å². The summed E-state index contributed by atoms with van der Waals surface area (Å²) in [6, 6.07) is 7.86. The molecule has 1 unspecified atom stereocenters. The van der Waals surface area contributed by atoms with Crippen LogP contribution in [0.1, 0.15) is 34.7 Å². The van der Waals surface area contributed by atoms with E-state index in [4.69, 9.17) is 0 Å². The highest BCUT2D eigenvalue weighted by molar-refractivity contribution is 5.74. The summed E-state index contributed by atoms with van der Waals surface area (Å²) in [5, 5.41) is 0. The molecular weight excluding hydrogens is 160 g/mol. The van der Waals surface area contributed by atoms with Crippen molar-refractivity contribution in [2.45, 2.75) is 18.8 Å². The van der Waals surface area contributed by atoms with Crippen molar-refractivity contribution in [1.29, 1.82) is 0 Å². The summed E-state index contributed by atoms with van der Waals surface area (Å²) in [5.74, 6) is 0.570. The van der Waals surface area contributed by atoms with Crippen LogP contribution >= 0.6 is 0 Å². The smallest absolute Gasteiger partial charge is 0.150 e. The molecule has 0 saturated heterocycles. The minimum atomic E-state index is 0.570. The monoisotopic (exact) mass is 172 g/mol. The molecule has 0 aromatic heterocycles. The van der Waals surface area contributed by atoms with Crippen LogP contribution in [0.15, 0.2) is 36.4 Å². The fourth-order valence-corrected chi connectivity index (χ4v) is 1.73. The van der Waals surface area contributed by atoms with E-state index in [-0.39, 0.29) is 0 Å². The van der Waals surface area contributed by atoms with Crippen LogP contribution in [0.2, 0.25) is 0 Å². The Kier molecular flexibility index (Phi) is 2.26. The topological polar surface area (TPSA) is 17.1 Å². The van der Waals surface area contributed by atoms with Gasteiger partial charge in [-0.05, 0) is 18.4 Å². The van der Waals surface area contributed by atoms with Gasteiger partial charge < -0.3 is 0 Å². The number of aldehydes is 1. The summed E-state index contributed by atoms with van der Waals surface area (Å²) in [6.45, 7) is 0. The molecule has 2 rings (SSSR count). The molecule has 0 fully saturated rings. The molecule has 1 nitrogen and oxygen atoms in total. The first-order valence-electron chi connectivity index (χ1n) is 4.62. The van der Waals surface area contributed by atoms with Crippen molar-refractivity contribution in [2.75, 3.05) is 0 Å². The molecule has 1 heteroatoms.